The average Bonchev–Trinajstić information content (AvgIpc) is 2.60. The van der Waals surface area contributed by atoms with E-state index in [4.69, 9.17) is 0 Å². The molecule has 2 aromatic carbocycles. The molecule has 5 heteroatoms. The third-order valence-electron chi connectivity index (χ3n) is 3.64. The molecule has 0 aliphatic heterocycles. The van der Waals surface area contributed by atoms with Crippen molar-refractivity contribution in [1.29, 1.82) is 5.26 Å². The van der Waals surface area contributed by atoms with E-state index in [-0.39, 0.29) is 11.4 Å². The number of ketones is 1. The fourth-order valence-corrected chi connectivity index (χ4v) is 2.27. The molecule has 5 nitrogen and oxygen atoms in total. The van der Waals surface area contributed by atoms with Gasteiger partial charge in [0.15, 0.2) is 5.78 Å². The van der Waals surface area contributed by atoms with Gasteiger partial charge in [-0.1, -0.05) is 24.3 Å². The number of hydrogen-bond acceptors (Lipinski definition) is 4. The number of rotatable bonds is 5. The first kappa shape index (κ1) is 18.0. The van der Waals surface area contributed by atoms with E-state index in [2.05, 4.69) is 5.32 Å². The molecule has 2 aromatic rings. The number of nitrogens with zero attached hydrogens (tertiary/aromatic N) is 2. The lowest BCUT2D eigenvalue weighted by Crippen LogP contribution is -2.15. The van der Waals surface area contributed by atoms with Crippen LogP contribution in [0.1, 0.15) is 22.8 Å². The number of nitriles is 1. The van der Waals surface area contributed by atoms with Gasteiger partial charge in [-0.2, -0.15) is 5.26 Å². The van der Waals surface area contributed by atoms with Gasteiger partial charge in [0.05, 0.1) is 5.69 Å². The summed E-state index contributed by atoms with van der Waals surface area (Å²) >= 11 is 0. The fourth-order valence-electron chi connectivity index (χ4n) is 2.27. The Balaban J connectivity index is 2.24. The van der Waals surface area contributed by atoms with Crippen LogP contribution < -0.4 is 10.2 Å². The average molecular weight is 333 g/mol. The third-order valence-corrected chi connectivity index (χ3v) is 3.64. The number of para-hydroxylation sites is 1. The minimum atomic E-state index is -0.548. The first-order chi connectivity index (χ1) is 11.9. The highest BCUT2D eigenvalue weighted by Crippen LogP contribution is 2.18. The molecule has 0 aliphatic rings. The van der Waals surface area contributed by atoms with E-state index >= 15 is 0 Å². The van der Waals surface area contributed by atoms with Crippen molar-refractivity contribution in [1.82, 2.24) is 0 Å². The second-order valence-corrected chi connectivity index (χ2v) is 5.71. The Kier molecular flexibility index (Phi) is 5.70. The maximum atomic E-state index is 12.4. The van der Waals surface area contributed by atoms with E-state index in [0.29, 0.717) is 11.3 Å². The van der Waals surface area contributed by atoms with Crippen LogP contribution >= 0.6 is 0 Å². The van der Waals surface area contributed by atoms with E-state index < -0.39 is 5.91 Å². The van der Waals surface area contributed by atoms with Crippen LogP contribution in [0.15, 0.2) is 54.1 Å². The Hall–Kier alpha value is -3.39. The highest BCUT2D eigenvalue weighted by molar-refractivity contribution is 6.12. The summed E-state index contributed by atoms with van der Waals surface area (Å²) in [6, 6.07) is 16.1. The minimum absolute atomic E-state index is 0.0315. The number of hydrogen-bond donors (Lipinski definition) is 1. The zero-order valence-electron chi connectivity index (χ0n) is 14.4. The molecule has 0 aliphatic carbocycles. The Labute approximate surface area is 147 Å². The molecule has 0 spiro atoms. The van der Waals surface area contributed by atoms with E-state index in [0.717, 1.165) is 11.3 Å². The molecule has 1 amide bonds. The molecule has 126 valence electrons. The van der Waals surface area contributed by atoms with Gasteiger partial charge in [0.25, 0.3) is 5.91 Å². The number of nitrogens with one attached hydrogen (secondary N) is 1. The Morgan fingerprint density at radius 2 is 1.72 bits per heavy atom. The summed E-state index contributed by atoms with van der Waals surface area (Å²) in [5.41, 5.74) is 2.54. The predicted molar refractivity (Wildman–Crippen MR) is 99.4 cm³/mol. The smallest absolute Gasteiger partial charge is 0.266 e. The monoisotopic (exact) mass is 333 g/mol. The number of anilines is 2. The van der Waals surface area contributed by atoms with Crippen LogP contribution in [0.5, 0.6) is 0 Å². The summed E-state index contributed by atoms with van der Waals surface area (Å²) in [5.74, 6) is -0.703. The normalized spacial score (nSPS) is 10.7. The van der Waals surface area contributed by atoms with E-state index in [1.165, 1.54) is 13.0 Å². The molecule has 0 fully saturated rings. The summed E-state index contributed by atoms with van der Waals surface area (Å²) in [4.78, 5) is 26.0. The predicted octanol–water partition coefficient (Wildman–Crippen LogP) is 3.50. The lowest BCUT2D eigenvalue weighted by molar-refractivity contribution is -0.112. The summed E-state index contributed by atoms with van der Waals surface area (Å²) in [6.45, 7) is 1.43. The van der Waals surface area contributed by atoms with Gasteiger partial charge in [0, 0.05) is 25.3 Å². The Morgan fingerprint density at radius 1 is 1.08 bits per heavy atom. The molecule has 0 radical (unpaired) electrons. The quantitative estimate of drug-likeness (QED) is 0.516. The van der Waals surface area contributed by atoms with Crippen LogP contribution in [-0.2, 0) is 4.79 Å². The van der Waals surface area contributed by atoms with Gasteiger partial charge in [-0.3, -0.25) is 9.59 Å². The number of carbonyl (C=O) groups excluding carboxylic acids is 2. The molecular weight excluding hydrogens is 314 g/mol. The van der Waals surface area contributed by atoms with Crippen molar-refractivity contribution < 1.29 is 9.59 Å². The summed E-state index contributed by atoms with van der Waals surface area (Å²) < 4.78 is 0. The van der Waals surface area contributed by atoms with Gasteiger partial charge >= 0.3 is 0 Å². The van der Waals surface area contributed by atoms with Crippen LogP contribution in [0.3, 0.4) is 0 Å². The summed E-state index contributed by atoms with van der Waals surface area (Å²) in [7, 11) is 3.87. The third kappa shape index (κ3) is 4.55. The molecule has 0 unspecified atom stereocenters. The van der Waals surface area contributed by atoms with E-state index in [1.807, 2.05) is 49.3 Å². The maximum absolute atomic E-state index is 12.4. The van der Waals surface area contributed by atoms with Crippen LogP contribution in [-0.4, -0.2) is 25.8 Å². The topological polar surface area (TPSA) is 73.2 Å². The Morgan fingerprint density at radius 3 is 2.28 bits per heavy atom. The fraction of sp³-hybridized carbons (Fsp3) is 0.150. The zero-order chi connectivity index (χ0) is 18.4. The molecule has 0 aromatic heterocycles. The van der Waals surface area contributed by atoms with Crippen molar-refractivity contribution in [2.24, 2.45) is 0 Å². The molecule has 0 saturated carbocycles. The van der Waals surface area contributed by atoms with E-state index in [9.17, 15) is 14.9 Å². The van der Waals surface area contributed by atoms with E-state index in [1.54, 1.807) is 24.3 Å². The second kappa shape index (κ2) is 7.93. The van der Waals surface area contributed by atoms with Crippen LogP contribution in [0, 0.1) is 11.3 Å². The highest BCUT2D eigenvalue weighted by Gasteiger charge is 2.13. The number of Topliss-reactive ketones (excluding diaryl/α,β-unsaturated/α-hetero) is 1. The van der Waals surface area contributed by atoms with Crippen LogP contribution in [0.2, 0.25) is 0 Å². The largest absolute Gasteiger partial charge is 0.378 e. The van der Waals surface area contributed by atoms with Gasteiger partial charge in [-0.25, -0.2) is 0 Å². The molecule has 0 atom stereocenters. The lowest BCUT2D eigenvalue weighted by Gasteiger charge is -2.12. The zero-order valence-corrected chi connectivity index (χ0v) is 14.4. The number of benzene rings is 2. The SMILES string of the molecule is CC(=O)c1ccccc1NC(=O)/C(C#N)=C\c1ccc(N(C)C)cc1. The van der Waals surface area contributed by atoms with Crippen molar-refractivity contribution >= 4 is 29.1 Å². The first-order valence-corrected chi connectivity index (χ1v) is 7.73. The van der Waals surface area contributed by atoms with Crippen LogP contribution in [0.25, 0.3) is 6.08 Å². The second-order valence-electron chi connectivity index (χ2n) is 5.71. The maximum Gasteiger partial charge on any atom is 0.266 e. The lowest BCUT2D eigenvalue weighted by atomic mass is 10.1. The standard InChI is InChI=1S/C20H19N3O2/c1-14(24)18-6-4-5-7-19(18)22-20(25)16(13-21)12-15-8-10-17(11-9-15)23(2)3/h4-12H,1-3H3,(H,22,25)/b16-12-. The van der Waals surface area contributed by atoms with Crippen molar-refractivity contribution in [3.8, 4) is 6.07 Å². The number of carbonyl (C=O) groups is 2. The summed E-state index contributed by atoms with van der Waals surface area (Å²) in [5, 5.41) is 11.9. The molecule has 1 N–H and O–H groups in total. The molecule has 0 saturated heterocycles. The molecule has 0 bridgehead atoms. The van der Waals surface area contributed by atoms with Crippen molar-refractivity contribution in [3.63, 3.8) is 0 Å². The van der Waals surface area contributed by atoms with Crippen molar-refractivity contribution in [2.75, 3.05) is 24.3 Å². The molecule has 0 heterocycles. The van der Waals surface area contributed by atoms with Gasteiger partial charge in [-0.15, -0.1) is 0 Å². The first-order valence-electron chi connectivity index (χ1n) is 7.73. The molecule has 25 heavy (non-hydrogen) atoms. The van der Waals surface area contributed by atoms with Gasteiger partial charge in [0.2, 0.25) is 0 Å². The number of amides is 1. The van der Waals surface area contributed by atoms with Gasteiger partial charge < -0.3 is 10.2 Å². The van der Waals surface area contributed by atoms with Crippen molar-refractivity contribution in [2.45, 2.75) is 6.92 Å². The molecular formula is C20H19N3O2. The van der Waals surface area contributed by atoms with Gasteiger partial charge in [-0.05, 0) is 42.8 Å². The van der Waals surface area contributed by atoms with Crippen LogP contribution in [0.4, 0.5) is 11.4 Å². The minimum Gasteiger partial charge on any atom is -0.378 e. The van der Waals surface area contributed by atoms with Crippen molar-refractivity contribution in [3.05, 3.63) is 65.2 Å². The summed E-state index contributed by atoms with van der Waals surface area (Å²) in [6.07, 6.45) is 1.52. The van der Waals surface area contributed by atoms with Gasteiger partial charge in [0.1, 0.15) is 11.6 Å². The molecule has 2 rings (SSSR count). The Bertz CT molecular complexity index is 859. The highest BCUT2D eigenvalue weighted by atomic mass is 16.2.